The molecule has 0 unspecified atom stereocenters. The van der Waals surface area contributed by atoms with Gasteiger partial charge >= 0.3 is 31.9 Å². The van der Waals surface area contributed by atoms with Crippen LogP contribution in [-0.4, -0.2) is 51.8 Å². The van der Waals surface area contributed by atoms with Gasteiger partial charge in [-0.2, -0.15) is 0 Å². The Bertz CT molecular complexity index is 948. The monoisotopic (exact) mass is 582 g/mol. The van der Waals surface area contributed by atoms with Crippen molar-refractivity contribution in [3.05, 3.63) is 64.2 Å². The number of rotatable bonds is 5. The number of anilines is 1. The fourth-order valence-electron chi connectivity index (χ4n) is 3.46. The van der Waals surface area contributed by atoms with Crippen molar-refractivity contribution in [2.24, 2.45) is 0 Å². The fourth-order valence-corrected chi connectivity index (χ4v) is 3.64. The van der Waals surface area contributed by atoms with Crippen LogP contribution in [0.1, 0.15) is 6.42 Å². The number of aryl methyl sites for hydroxylation is 1. The van der Waals surface area contributed by atoms with Crippen LogP contribution in [0.5, 0.6) is 0 Å². The Kier molecular flexibility index (Phi) is 6.90. The van der Waals surface area contributed by atoms with Gasteiger partial charge in [-0.15, -0.1) is 5.10 Å². The maximum atomic E-state index is 12.3. The maximum absolute atomic E-state index is 12.3. The van der Waals surface area contributed by atoms with E-state index in [0.29, 0.717) is 12.2 Å². The number of benzene rings is 1. The summed E-state index contributed by atoms with van der Waals surface area (Å²) in [6, 6.07) is 13.6. The molecule has 1 aromatic carbocycles. The van der Waals surface area contributed by atoms with Crippen molar-refractivity contribution in [2.75, 3.05) is 37.6 Å². The van der Waals surface area contributed by atoms with Gasteiger partial charge in [0.1, 0.15) is 0 Å². The Hall–Kier alpha value is -1.43. The second-order valence-electron chi connectivity index (χ2n) is 6.60. The first-order valence-corrected chi connectivity index (χ1v) is 9.35. The van der Waals surface area contributed by atoms with Crippen LogP contribution in [0, 0.1) is 26.2 Å². The van der Waals surface area contributed by atoms with Crippen molar-refractivity contribution >= 4 is 22.9 Å². The molecule has 1 saturated heterocycles. The van der Waals surface area contributed by atoms with Gasteiger partial charge < -0.3 is 4.90 Å². The molecule has 0 spiro atoms. The first-order chi connectivity index (χ1) is 12.7. The molecule has 6 nitrogen and oxygen atoms in total. The molecule has 0 amide bonds. The summed E-state index contributed by atoms with van der Waals surface area (Å²) in [5, 5.41) is 5.16. The van der Waals surface area contributed by atoms with Crippen molar-refractivity contribution < 1.29 is 26.2 Å². The normalized spacial score (nSPS) is 15.1. The van der Waals surface area contributed by atoms with E-state index in [-0.39, 0.29) is 31.9 Å². The van der Waals surface area contributed by atoms with Crippen LogP contribution in [0.3, 0.4) is 0 Å². The average molecular weight is 583 g/mol. The first kappa shape index (κ1) is 20.3. The van der Waals surface area contributed by atoms with Crippen LogP contribution in [0.25, 0.3) is 5.65 Å². The Balaban J connectivity index is 0.00000210. The van der Waals surface area contributed by atoms with E-state index in [1.54, 1.807) is 15.3 Å². The number of halogens is 1. The summed E-state index contributed by atoms with van der Waals surface area (Å²) >= 11 is 6.09. The molecule has 0 N–H and O–H groups in total. The Labute approximate surface area is 182 Å². The van der Waals surface area contributed by atoms with Crippen molar-refractivity contribution in [2.45, 2.75) is 13.0 Å². The van der Waals surface area contributed by atoms with Crippen molar-refractivity contribution in [3.8, 4) is 0 Å². The number of aromatic nitrogens is 3. The minimum atomic E-state index is -0.0635. The molecule has 0 saturated carbocycles. The molecule has 4 rings (SSSR count). The number of hydrogen-bond acceptors (Lipinski definition) is 4. The van der Waals surface area contributed by atoms with Crippen LogP contribution in [0.4, 0.5) is 5.69 Å². The summed E-state index contributed by atoms with van der Waals surface area (Å²) in [6.45, 7) is 5.65. The third kappa shape index (κ3) is 4.71. The summed E-state index contributed by atoms with van der Waals surface area (Å²) in [6.07, 6.45) is 2.68. The molecule has 3 heterocycles. The standard InChI is InChI=1S/C19H22ClN5O.AtH/c20-16-5-3-6-17(15-16)23-13-11-22(12-14-23)8-4-10-25-19(26)24-9-2-1-7-18(24)21-25;/h1-3,5-7,9,15H,4,8,10-14H2;1H. The Morgan fingerprint density at radius 2 is 1.81 bits per heavy atom. The zero-order chi connectivity index (χ0) is 17.9. The first-order valence-electron chi connectivity index (χ1n) is 8.98. The van der Waals surface area contributed by atoms with Gasteiger partial charge in [0.05, 0.1) is 0 Å². The average Bonchev–Trinajstić information content (AvgIpc) is 2.99. The number of piperazine rings is 1. The van der Waals surface area contributed by atoms with Crippen molar-refractivity contribution in [3.63, 3.8) is 0 Å². The fraction of sp³-hybridized carbons (Fsp3) is 0.368. The van der Waals surface area contributed by atoms with Crippen molar-refractivity contribution in [1.29, 1.82) is 0 Å². The number of nitrogens with zero attached hydrogens (tertiary/aromatic N) is 5. The van der Waals surface area contributed by atoms with E-state index >= 15 is 0 Å². The third-order valence-corrected chi connectivity index (χ3v) is 5.11. The van der Waals surface area contributed by atoms with Gasteiger partial charge in [0.15, 0.2) is 5.65 Å². The van der Waals surface area contributed by atoms with E-state index in [1.807, 2.05) is 36.4 Å². The van der Waals surface area contributed by atoms with E-state index in [0.717, 1.165) is 44.2 Å². The quantitative estimate of drug-likeness (QED) is 0.463. The minimum absolute atomic E-state index is 0. The third-order valence-electron chi connectivity index (χ3n) is 4.88. The van der Waals surface area contributed by atoms with Gasteiger partial charge in [0.2, 0.25) is 0 Å². The molecule has 8 heteroatoms. The molecule has 3 aromatic rings. The van der Waals surface area contributed by atoms with Crippen LogP contribution in [-0.2, 0) is 6.54 Å². The van der Waals surface area contributed by atoms with E-state index in [4.69, 9.17) is 11.6 Å². The molecule has 1 aliphatic rings. The molecule has 2 aromatic heterocycles. The number of fused-ring (bicyclic) bond motifs is 1. The zero-order valence-electron chi connectivity index (χ0n) is 15.0. The van der Waals surface area contributed by atoms with Gasteiger partial charge in [-0.25, -0.2) is 9.48 Å². The molecule has 27 heavy (non-hydrogen) atoms. The summed E-state index contributed by atoms with van der Waals surface area (Å²) < 4.78 is 3.15. The Morgan fingerprint density at radius 1 is 1.00 bits per heavy atom. The molecular weight excluding hydrogens is 560 g/mol. The van der Waals surface area contributed by atoms with E-state index in [2.05, 4.69) is 21.0 Å². The SMILES string of the molecule is O=c1n(CCCN2CCN(c3cccc(Cl)c3)CC2)nc2ccccn12.[AtH]. The molecular formula is C19H23AtClN5O. The number of hydrogen-bond donors (Lipinski definition) is 0. The summed E-state index contributed by atoms with van der Waals surface area (Å²) in [5.74, 6) is 0. The van der Waals surface area contributed by atoms with E-state index in [9.17, 15) is 4.79 Å². The molecule has 0 bridgehead atoms. The van der Waals surface area contributed by atoms with E-state index < -0.39 is 0 Å². The summed E-state index contributed by atoms with van der Waals surface area (Å²) in [7, 11) is 0. The van der Waals surface area contributed by atoms with Crippen LogP contribution in [0.2, 0.25) is 5.02 Å². The Morgan fingerprint density at radius 3 is 2.56 bits per heavy atom. The molecule has 0 atom stereocenters. The van der Waals surface area contributed by atoms with E-state index in [1.165, 1.54) is 5.69 Å². The molecule has 1 aliphatic heterocycles. The van der Waals surface area contributed by atoms with Gasteiger partial charge in [-0.1, -0.05) is 23.7 Å². The zero-order valence-corrected chi connectivity index (χ0v) is 18.9. The van der Waals surface area contributed by atoms with Gasteiger partial charge in [0.25, 0.3) is 0 Å². The van der Waals surface area contributed by atoms with Gasteiger partial charge in [-0.05, 0) is 36.8 Å². The van der Waals surface area contributed by atoms with Crippen molar-refractivity contribution in [1.82, 2.24) is 19.1 Å². The molecule has 0 radical (unpaired) electrons. The predicted octanol–water partition coefficient (Wildman–Crippen LogP) is 2.09. The summed E-state index contributed by atoms with van der Waals surface area (Å²) in [4.78, 5) is 17.1. The predicted molar refractivity (Wildman–Crippen MR) is 106 cm³/mol. The molecule has 144 valence electrons. The topological polar surface area (TPSA) is 45.8 Å². The van der Waals surface area contributed by atoms with Crippen LogP contribution >= 0.6 is 11.6 Å². The molecule has 1 fully saturated rings. The number of pyridine rings is 1. The van der Waals surface area contributed by atoms with Crippen LogP contribution < -0.4 is 10.6 Å². The second kappa shape index (κ2) is 9.18. The second-order valence-corrected chi connectivity index (χ2v) is 7.03. The van der Waals surface area contributed by atoms with Gasteiger partial charge in [0, 0.05) is 56.2 Å². The van der Waals surface area contributed by atoms with Gasteiger partial charge in [-0.3, -0.25) is 9.30 Å². The summed E-state index contributed by atoms with van der Waals surface area (Å²) in [5.41, 5.74) is 1.83. The van der Waals surface area contributed by atoms with Crippen LogP contribution in [0.15, 0.2) is 53.5 Å². The molecule has 0 aliphatic carbocycles.